The maximum absolute atomic E-state index is 10.9. The number of nitrogens with zero attached hydrogens (tertiary/aromatic N) is 1. The van der Waals surface area contributed by atoms with E-state index in [1.54, 1.807) is 18.2 Å². The molecule has 1 atom stereocenters. The zero-order valence-electron chi connectivity index (χ0n) is 8.84. The molecule has 0 fully saturated rings. The molecule has 1 unspecified atom stereocenters. The molecule has 4 nitrogen and oxygen atoms in total. The number of hydrogen-bond acceptors (Lipinski definition) is 3. The fraction of sp³-hybridized carbons (Fsp3) is 0.364. The lowest BCUT2D eigenvalue weighted by Crippen LogP contribution is -2.21. The molecule has 1 aromatic rings. The van der Waals surface area contributed by atoms with Gasteiger partial charge in [-0.05, 0) is 25.7 Å². The summed E-state index contributed by atoms with van der Waals surface area (Å²) in [5, 5.41) is 18.7. The second-order valence-corrected chi connectivity index (χ2v) is 3.67. The van der Waals surface area contributed by atoms with Crippen molar-refractivity contribution in [3.8, 4) is 0 Å². The molecule has 2 N–H and O–H groups in total. The SMILES string of the molecule is CN(C)CC(O)c1ccccc1C(=O)O. The van der Waals surface area contributed by atoms with Crippen LogP contribution in [0.4, 0.5) is 0 Å². The molecule has 1 aromatic carbocycles. The number of benzene rings is 1. The third kappa shape index (κ3) is 3.04. The average Bonchev–Trinajstić information content (AvgIpc) is 2.16. The van der Waals surface area contributed by atoms with Crippen molar-refractivity contribution in [2.75, 3.05) is 20.6 Å². The van der Waals surface area contributed by atoms with Gasteiger partial charge in [-0.15, -0.1) is 0 Å². The second kappa shape index (κ2) is 4.91. The van der Waals surface area contributed by atoms with E-state index in [-0.39, 0.29) is 5.56 Å². The Morgan fingerprint density at radius 2 is 2.00 bits per heavy atom. The minimum absolute atomic E-state index is 0.159. The molecule has 0 heterocycles. The minimum Gasteiger partial charge on any atom is -0.478 e. The van der Waals surface area contributed by atoms with E-state index in [9.17, 15) is 9.90 Å². The molecule has 4 heteroatoms. The molecule has 0 saturated heterocycles. The maximum Gasteiger partial charge on any atom is 0.336 e. The van der Waals surface area contributed by atoms with Crippen LogP contribution >= 0.6 is 0 Å². The van der Waals surface area contributed by atoms with Crippen molar-refractivity contribution in [1.29, 1.82) is 0 Å². The quantitative estimate of drug-likeness (QED) is 0.776. The number of carbonyl (C=O) groups is 1. The Hall–Kier alpha value is -1.39. The van der Waals surface area contributed by atoms with Gasteiger partial charge in [-0.1, -0.05) is 18.2 Å². The van der Waals surface area contributed by atoms with Gasteiger partial charge < -0.3 is 15.1 Å². The molecule has 0 aliphatic heterocycles. The van der Waals surface area contributed by atoms with Gasteiger partial charge in [0.1, 0.15) is 0 Å². The molecule has 0 aliphatic carbocycles. The lowest BCUT2D eigenvalue weighted by Gasteiger charge is -2.17. The average molecular weight is 209 g/mol. The number of hydrogen-bond donors (Lipinski definition) is 2. The molecule has 0 amide bonds. The Balaban J connectivity index is 2.97. The second-order valence-electron chi connectivity index (χ2n) is 3.67. The Bertz CT molecular complexity index is 349. The molecule has 0 radical (unpaired) electrons. The Morgan fingerprint density at radius 1 is 1.40 bits per heavy atom. The lowest BCUT2D eigenvalue weighted by molar-refractivity contribution is 0.0685. The topological polar surface area (TPSA) is 60.8 Å². The first-order valence-electron chi connectivity index (χ1n) is 4.67. The standard InChI is InChI=1S/C11H15NO3/c1-12(2)7-10(13)8-5-3-4-6-9(8)11(14)15/h3-6,10,13H,7H2,1-2H3,(H,14,15). The van der Waals surface area contributed by atoms with Gasteiger partial charge in [-0.3, -0.25) is 0 Å². The normalized spacial score (nSPS) is 12.8. The number of aromatic carboxylic acids is 1. The van der Waals surface area contributed by atoms with E-state index in [0.717, 1.165) is 0 Å². The molecular formula is C11H15NO3. The van der Waals surface area contributed by atoms with E-state index in [0.29, 0.717) is 12.1 Å². The zero-order chi connectivity index (χ0) is 11.4. The molecule has 0 aliphatic rings. The zero-order valence-corrected chi connectivity index (χ0v) is 8.84. The third-order valence-corrected chi connectivity index (χ3v) is 2.09. The molecule has 15 heavy (non-hydrogen) atoms. The smallest absolute Gasteiger partial charge is 0.336 e. The Labute approximate surface area is 88.8 Å². The van der Waals surface area contributed by atoms with Gasteiger partial charge in [-0.25, -0.2) is 4.79 Å². The summed E-state index contributed by atoms with van der Waals surface area (Å²) in [6.45, 7) is 0.407. The van der Waals surface area contributed by atoms with Crippen LogP contribution in [0.25, 0.3) is 0 Å². The molecule has 0 aromatic heterocycles. The summed E-state index contributed by atoms with van der Waals surface area (Å²) in [6.07, 6.45) is -0.771. The van der Waals surface area contributed by atoms with Crippen molar-refractivity contribution < 1.29 is 15.0 Å². The van der Waals surface area contributed by atoms with E-state index >= 15 is 0 Å². The summed E-state index contributed by atoms with van der Waals surface area (Å²) >= 11 is 0. The number of carboxylic acid groups (broad SMARTS) is 1. The number of aliphatic hydroxyl groups is 1. The molecule has 1 rings (SSSR count). The van der Waals surface area contributed by atoms with E-state index in [1.165, 1.54) is 6.07 Å². The fourth-order valence-electron chi connectivity index (χ4n) is 1.43. The summed E-state index contributed by atoms with van der Waals surface area (Å²) in [5.41, 5.74) is 0.616. The van der Waals surface area contributed by atoms with Crippen molar-refractivity contribution in [3.05, 3.63) is 35.4 Å². The van der Waals surface area contributed by atoms with Gasteiger partial charge in [0.25, 0.3) is 0 Å². The highest BCUT2D eigenvalue weighted by Gasteiger charge is 2.16. The third-order valence-electron chi connectivity index (χ3n) is 2.09. The van der Waals surface area contributed by atoms with Crippen LogP contribution in [0.15, 0.2) is 24.3 Å². The summed E-state index contributed by atoms with van der Waals surface area (Å²) in [7, 11) is 3.65. The predicted molar refractivity (Wildman–Crippen MR) is 56.9 cm³/mol. The van der Waals surface area contributed by atoms with E-state index in [4.69, 9.17) is 5.11 Å². The largest absolute Gasteiger partial charge is 0.478 e. The van der Waals surface area contributed by atoms with Gasteiger partial charge >= 0.3 is 5.97 Å². The van der Waals surface area contributed by atoms with Crippen LogP contribution in [0.5, 0.6) is 0 Å². The summed E-state index contributed by atoms with van der Waals surface area (Å²) in [5.74, 6) is -1.01. The Kier molecular flexibility index (Phi) is 3.82. The molecular weight excluding hydrogens is 194 g/mol. The number of likely N-dealkylation sites (N-methyl/N-ethyl adjacent to an activating group) is 1. The van der Waals surface area contributed by atoms with Crippen molar-refractivity contribution in [2.24, 2.45) is 0 Å². The summed E-state index contributed by atoms with van der Waals surface area (Å²) < 4.78 is 0. The number of carboxylic acids is 1. The fourth-order valence-corrected chi connectivity index (χ4v) is 1.43. The molecule has 0 saturated carbocycles. The van der Waals surface area contributed by atoms with E-state index in [2.05, 4.69) is 0 Å². The van der Waals surface area contributed by atoms with Crippen LogP contribution in [0, 0.1) is 0 Å². The summed E-state index contributed by atoms with van der Waals surface area (Å²) in [6, 6.07) is 6.50. The highest BCUT2D eigenvalue weighted by molar-refractivity contribution is 5.89. The van der Waals surface area contributed by atoms with Crippen LogP contribution in [0.2, 0.25) is 0 Å². The maximum atomic E-state index is 10.9. The van der Waals surface area contributed by atoms with Crippen LogP contribution in [0.3, 0.4) is 0 Å². The number of rotatable bonds is 4. The molecule has 0 bridgehead atoms. The van der Waals surface area contributed by atoms with Gasteiger partial charge in [-0.2, -0.15) is 0 Å². The van der Waals surface area contributed by atoms with Crippen LogP contribution in [0.1, 0.15) is 22.0 Å². The van der Waals surface area contributed by atoms with Crippen LogP contribution < -0.4 is 0 Å². The first kappa shape index (κ1) is 11.7. The van der Waals surface area contributed by atoms with Crippen molar-refractivity contribution in [3.63, 3.8) is 0 Å². The van der Waals surface area contributed by atoms with E-state index < -0.39 is 12.1 Å². The van der Waals surface area contributed by atoms with Crippen LogP contribution in [-0.2, 0) is 0 Å². The molecule has 0 spiro atoms. The Morgan fingerprint density at radius 3 is 2.53 bits per heavy atom. The summed E-state index contributed by atoms with van der Waals surface area (Å²) in [4.78, 5) is 12.7. The van der Waals surface area contributed by atoms with Gasteiger partial charge in [0, 0.05) is 6.54 Å². The lowest BCUT2D eigenvalue weighted by atomic mass is 10.0. The van der Waals surface area contributed by atoms with E-state index in [1.807, 2.05) is 19.0 Å². The van der Waals surface area contributed by atoms with Crippen LogP contribution in [-0.4, -0.2) is 41.7 Å². The van der Waals surface area contributed by atoms with Crippen molar-refractivity contribution in [2.45, 2.75) is 6.10 Å². The highest BCUT2D eigenvalue weighted by Crippen LogP contribution is 2.18. The van der Waals surface area contributed by atoms with Gasteiger partial charge in [0.15, 0.2) is 0 Å². The van der Waals surface area contributed by atoms with Gasteiger partial charge in [0.05, 0.1) is 11.7 Å². The monoisotopic (exact) mass is 209 g/mol. The van der Waals surface area contributed by atoms with Crippen molar-refractivity contribution in [1.82, 2.24) is 4.90 Å². The minimum atomic E-state index is -1.01. The molecule has 82 valence electrons. The predicted octanol–water partition coefficient (Wildman–Crippen LogP) is 0.980. The first-order valence-corrected chi connectivity index (χ1v) is 4.67. The number of aliphatic hydroxyl groups excluding tert-OH is 1. The van der Waals surface area contributed by atoms with Crippen molar-refractivity contribution >= 4 is 5.97 Å². The van der Waals surface area contributed by atoms with Gasteiger partial charge in [0.2, 0.25) is 0 Å². The first-order chi connectivity index (χ1) is 7.02. The highest BCUT2D eigenvalue weighted by atomic mass is 16.4.